The van der Waals surface area contributed by atoms with E-state index >= 15 is 0 Å². The number of rotatable bonds is 20. The van der Waals surface area contributed by atoms with Crippen molar-refractivity contribution >= 4 is 0 Å². The molecule has 0 bridgehead atoms. The molecule has 2 rings (SSSR count). The van der Waals surface area contributed by atoms with Gasteiger partial charge in [-0.25, -0.2) is 0 Å². The van der Waals surface area contributed by atoms with Crippen molar-refractivity contribution in [2.45, 2.75) is 141 Å². The maximum atomic E-state index is 11.2. The Hall–Kier alpha value is -1.80. The minimum atomic E-state index is -0.585. The fourth-order valence-electron chi connectivity index (χ4n) is 5.20. The highest BCUT2D eigenvalue weighted by molar-refractivity contribution is 5.32. The lowest BCUT2D eigenvalue weighted by atomic mass is 9.77. The van der Waals surface area contributed by atoms with Gasteiger partial charge in [0, 0.05) is 5.92 Å². The number of phenolic OH excluding ortho intramolecular Hbond substituents is 1. The predicted octanol–water partition coefficient (Wildman–Crippen LogP) is 10.6. The Morgan fingerprint density at radius 1 is 0.757 bits per heavy atom. The fraction of sp³-hybridized carbons (Fsp3) is 0.657. The highest BCUT2D eigenvalue weighted by atomic mass is 16.3. The van der Waals surface area contributed by atoms with Crippen LogP contribution in [0.5, 0.6) is 5.75 Å². The minimum Gasteiger partial charge on any atom is -0.508 e. The molecule has 210 valence electrons. The summed E-state index contributed by atoms with van der Waals surface area (Å²) in [5.74, 6) is 0.676. The third kappa shape index (κ3) is 15.9. The Morgan fingerprint density at radius 2 is 1.30 bits per heavy atom. The van der Waals surface area contributed by atoms with E-state index in [0.717, 1.165) is 31.2 Å². The first-order valence-electron chi connectivity index (χ1n) is 15.5. The van der Waals surface area contributed by atoms with Gasteiger partial charge in [0.05, 0.1) is 5.60 Å². The Kier molecular flexibility index (Phi) is 19.9. The summed E-state index contributed by atoms with van der Waals surface area (Å²) in [6.07, 6.45) is 34.6. The molecule has 0 amide bonds. The largest absolute Gasteiger partial charge is 0.508 e. The van der Waals surface area contributed by atoms with E-state index in [1.807, 2.05) is 18.2 Å². The molecule has 1 aliphatic rings. The molecule has 2 nitrogen and oxygen atoms in total. The van der Waals surface area contributed by atoms with E-state index in [1.54, 1.807) is 12.1 Å². The van der Waals surface area contributed by atoms with Crippen LogP contribution in [0.15, 0.2) is 61.2 Å². The van der Waals surface area contributed by atoms with Crippen molar-refractivity contribution in [3.05, 3.63) is 66.8 Å². The highest BCUT2D eigenvalue weighted by Gasteiger charge is 2.32. The Labute approximate surface area is 230 Å². The van der Waals surface area contributed by atoms with Gasteiger partial charge in [-0.05, 0) is 30.9 Å². The molecule has 2 unspecified atom stereocenters. The third-order valence-electron chi connectivity index (χ3n) is 7.64. The zero-order valence-electron chi connectivity index (χ0n) is 24.3. The minimum absolute atomic E-state index is 0.326. The lowest BCUT2D eigenvalue weighted by Crippen LogP contribution is -2.36. The van der Waals surface area contributed by atoms with Crippen LogP contribution >= 0.6 is 0 Å². The van der Waals surface area contributed by atoms with Crippen molar-refractivity contribution in [3.63, 3.8) is 0 Å². The van der Waals surface area contributed by atoms with Crippen LogP contribution in [0, 0.1) is 5.92 Å². The first kappa shape index (κ1) is 33.2. The van der Waals surface area contributed by atoms with Gasteiger partial charge >= 0.3 is 0 Å². The van der Waals surface area contributed by atoms with Gasteiger partial charge in [0.25, 0.3) is 0 Å². The summed E-state index contributed by atoms with van der Waals surface area (Å²) in [5.41, 5.74) is 0.343. The zero-order valence-corrected chi connectivity index (χ0v) is 24.3. The van der Waals surface area contributed by atoms with E-state index in [4.69, 9.17) is 0 Å². The van der Waals surface area contributed by atoms with E-state index in [-0.39, 0.29) is 0 Å². The van der Waals surface area contributed by atoms with E-state index in [9.17, 15) is 10.2 Å². The average Bonchev–Trinajstić information content (AvgIpc) is 2.90. The topological polar surface area (TPSA) is 40.5 Å². The van der Waals surface area contributed by atoms with E-state index in [0.29, 0.717) is 11.7 Å². The number of hydrogen-bond donors (Lipinski definition) is 2. The van der Waals surface area contributed by atoms with Gasteiger partial charge in [-0.1, -0.05) is 165 Å². The number of hydrogen-bond acceptors (Lipinski definition) is 2. The summed E-state index contributed by atoms with van der Waals surface area (Å²) in [4.78, 5) is 0. The molecule has 2 heteroatoms. The van der Waals surface area contributed by atoms with Crippen LogP contribution in [-0.2, 0) is 6.42 Å². The molecular formula is C35H58O2. The lowest BCUT2D eigenvalue weighted by Gasteiger charge is -2.34. The van der Waals surface area contributed by atoms with Crippen LogP contribution in [0.1, 0.15) is 135 Å². The van der Waals surface area contributed by atoms with Crippen LogP contribution in [0.4, 0.5) is 0 Å². The summed E-state index contributed by atoms with van der Waals surface area (Å²) in [6.45, 7) is 8.14. The highest BCUT2D eigenvalue weighted by Crippen LogP contribution is 2.34. The Bertz CT molecular complexity index is 735. The van der Waals surface area contributed by atoms with E-state index in [1.165, 1.54) is 96.3 Å². The summed E-state index contributed by atoms with van der Waals surface area (Å²) in [5, 5.41) is 20.4. The smallest absolute Gasteiger partial charge is 0.119 e. The molecule has 0 saturated carbocycles. The second-order valence-corrected chi connectivity index (χ2v) is 11.0. The molecule has 0 radical (unpaired) electrons. The second-order valence-electron chi connectivity index (χ2n) is 11.0. The molecule has 0 fully saturated rings. The molecular weight excluding hydrogens is 452 g/mol. The number of para-hydroxylation sites is 1. The molecule has 0 heterocycles. The molecule has 0 aromatic heterocycles. The van der Waals surface area contributed by atoms with Gasteiger partial charge in [0.15, 0.2) is 0 Å². The van der Waals surface area contributed by atoms with E-state index in [2.05, 4.69) is 44.7 Å². The summed E-state index contributed by atoms with van der Waals surface area (Å²) in [7, 11) is 0. The molecule has 37 heavy (non-hydrogen) atoms. The molecule has 0 saturated heterocycles. The Morgan fingerprint density at radius 3 is 1.86 bits per heavy atom. The predicted molar refractivity (Wildman–Crippen MR) is 163 cm³/mol. The van der Waals surface area contributed by atoms with Crippen molar-refractivity contribution in [2.75, 3.05) is 0 Å². The van der Waals surface area contributed by atoms with Crippen molar-refractivity contribution < 1.29 is 10.2 Å². The van der Waals surface area contributed by atoms with Gasteiger partial charge < -0.3 is 10.2 Å². The van der Waals surface area contributed by atoms with Gasteiger partial charge in [0.2, 0.25) is 0 Å². The van der Waals surface area contributed by atoms with Crippen molar-refractivity contribution in [3.8, 4) is 5.75 Å². The van der Waals surface area contributed by atoms with Crippen molar-refractivity contribution in [1.29, 1.82) is 0 Å². The molecule has 0 spiro atoms. The maximum Gasteiger partial charge on any atom is 0.119 e. The van der Waals surface area contributed by atoms with Crippen LogP contribution in [0.3, 0.4) is 0 Å². The molecule has 2 N–H and O–H groups in total. The van der Waals surface area contributed by atoms with Crippen LogP contribution < -0.4 is 0 Å². The summed E-state index contributed by atoms with van der Waals surface area (Å²) in [6, 6.07) is 7.27. The lowest BCUT2D eigenvalue weighted by molar-refractivity contribution is 0.0308. The monoisotopic (exact) mass is 510 g/mol. The number of unbranched alkanes of at least 4 members (excludes halogenated alkanes) is 14. The number of aliphatic hydroxyl groups is 1. The molecule has 2 atom stereocenters. The maximum absolute atomic E-state index is 11.2. The first-order chi connectivity index (χ1) is 18.1. The van der Waals surface area contributed by atoms with Crippen molar-refractivity contribution in [2.24, 2.45) is 5.92 Å². The fourth-order valence-corrected chi connectivity index (χ4v) is 5.20. The third-order valence-corrected chi connectivity index (χ3v) is 7.64. The molecule has 1 aromatic rings. The molecule has 1 aliphatic carbocycles. The summed E-state index contributed by atoms with van der Waals surface area (Å²) < 4.78 is 0. The second kappa shape index (κ2) is 22.2. The van der Waals surface area contributed by atoms with Crippen LogP contribution in [-0.4, -0.2) is 15.8 Å². The van der Waals surface area contributed by atoms with Gasteiger partial charge in [-0.3, -0.25) is 0 Å². The van der Waals surface area contributed by atoms with Crippen molar-refractivity contribution in [1.82, 2.24) is 0 Å². The number of phenols is 1. The number of allylic oxidation sites excluding steroid dienone is 3. The number of aromatic hydroxyl groups is 1. The molecule has 0 aliphatic heterocycles. The van der Waals surface area contributed by atoms with Gasteiger partial charge in [-0.15, -0.1) is 6.58 Å². The van der Waals surface area contributed by atoms with Crippen LogP contribution in [0.2, 0.25) is 0 Å². The standard InChI is InChI=1S/C26H48O.C9H10O/c1-3-5-7-9-11-13-15-17-21-25-22-18-20-24-26(25,27)23-19-16-14-12-10-8-6-4-2;1-2-5-8-6-3-4-7-9(8)10/h18,20,22,24-25,27H,3-17,19,21,23H2,1-2H3;2-4,6-7,10H,1,5H2. The molecule has 1 aromatic carbocycles. The van der Waals surface area contributed by atoms with E-state index < -0.39 is 5.60 Å². The van der Waals surface area contributed by atoms with Gasteiger partial charge in [-0.2, -0.15) is 0 Å². The normalized spacial score (nSPS) is 18.4. The van der Waals surface area contributed by atoms with Crippen LogP contribution in [0.25, 0.3) is 0 Å². The zero-order chi connectivity index (χ0) is 27.0. The van der Waals surface area contributed by atoms with Gasteiger partial charge in [0.1, 0.15) is 5.75 Å². The number of benzene rings is 1. The Balaban J connectivity index is 0.000000568. The quantitative estimate of drug-likeness (QED) is 0.135. The first-order valence-corrected chi connectivity index (χ1v) is 15.5. The SMILES string of the molecule is C=CCc1ccccc1O.CCCCCCCCCCC1C=CC=CC1(O)CCCCCCCCCC. The summed E-state index contributed by atoms with van der Waals surface area (Å²) >= 11 is 0. The average molecular weight is 511 g/mol.